The summed E-state index contributed by atoms with van der Waals surface area (Å²) in [7, 11) is 0. The molecule has 0 atom stereocenters. The first-order chi connectivity index (χ1) is 8.79. The molecule has 1 aliphatic rings. The number of likely N-dealkylation sites (N-methyl/N-ethyl adjacent to an activating group) is 1. The van der Waals surface area contributed by atoms with Crippen LogP contribution in [0.2, 0.25) is 0 Å². The van der Waals surface area contributed by atoms with Crippen molar-refractivity contribution in [3.05, 3.63) is 29.8 Å². The fourth-order valence-electron chi connectivity index (χ4n) is 2.26. The van der Waals surface area contributed by atoms with Gasteiger partial charge in [-0.3, -0.25) is 4.79 Å². The van der Waals surface area contributed by atoms with Crippen molar-refractivity contribution in [2.45, 2.75) is 42.8 Å². The summed E-state index contributed by atoms with van der Waals surface area (Å²) in [6.07, 6.45) is 5.42. The number of rotatable bonds is 6. The van der Waals surface area contributed by atoms with E-state index in [1.54, 1.807) is 0 Å². The fraction of sp³-hybridized carbons (Fsp3) is 0.533. The average molecular weight is 263 g/mol. The molecule has 1 aromatic carbocycles. The molecule has 0 radical (unpaired) electrons. The number of thioether (sulfide) groups is 1. The summed E-state index contributed by atoms with van der Waals surface area (Å²) in [4.78, 5) is 13.1. The van der Waals surface area contributed by atoms with E-state index in [1.165, 1.54) is 30.6 Å². The van der Waals surface area contributed by atoms with Crippen LogP contribution < -0.4 is 5.32 Å². The Bertz CT molecular complexity index is 382. The molecule has 98 valence electrons. The molecule has 0 amide bonds. The molecule has 0 spiro atoms. The van der Waals surface area contributed by atoms with Gasteiger partial charge >= 0.3 is 0 Å². The van der Waals surface area contributed by atoms with Crippen LogP contribution in [0.5, 0.6) is 0 Å². The highest BCUT2D eigenvalue weighted by atomic mass is 32.2. The number of hydrogen-bond acceptors (Lipinski definition) is 3. The Balaban J connectivity index is 1.90. The van der Waals surface area contributed by atoms with Crippen LogP contribution >= 0.6 is 11.8 Å². The Morgan fingerprint density at radius 3 is 2.56 bits per heavy atom. The van der Waals surface area contributed by atoms with Crippen molar-refractivity contribution in [1.29, 1.82) is 0 Å². The van der Waals surface area contributed by atoms with Gasteiger partial charge in [-0.1, -0.05) is 31.9 Å². The highest BCUT2D eigenvalue weighted by molar-refractivity contribution is 8.00. The molecule has 2 nitrogen and oxygen atoms in total. The van der Waals surface area contributed by atoms with Crippen LogP contribution in [0.4, 0.5) is 0 Å². The molecule has 0 heterocycles. The average Bonchev–Trinajstić information content (AvgIpc) is 2.89. The number of ketones is 1. The van der Waals surface area contributed by atoms with Crippen LogP contribution in [0, 0.1) is 0 Å². The maximum absolute atomic E-state index is 11.8. The molecule has 3 heteroatoms. The zero-order chi connectivity index (χ0) is 12.8. The van der Waals surface area contributed by atoms with Crippen LogP contribution in [0.25, 0.3) is 0 Å². The molecule has 0 aliphatic heterocycles. The topological polar surface area (TPSA) is 29.1 Å². The minimum absolute atomic E-state index is 0.175. The molecule has 2 rings (SSSR count). The first-order valence-corrected chi connectivity index (χ1v) is 7.68. The van der Waals surface area contributed by atoms with E-state index in [1.807, 2.05) is 30.8 Å². The van der Waals surface area contributed by atoms with Gasteiger partial charge in [0.1, 0.15) is 0 Å². The van der Waals surface area contributed by atoms with Gasteiger partial charge in [0.15, 0.2) is 5.78 Å². The van der Waals surface area contributed by atoms with Gasteiger partial charge in [-0.05, 0) is 31.5 Å². The van der Waals surface area contributed by atoms with Crippen molar-refractivity contribution in [1.82, 2.24) is 5.32 Å². The van der Waals surface area contributed by atoms with E-state index in [-0.39, 0.29) is 5.78 Å². The molecule has 1 aliphatic carbocycles. The molecule has 1 fully saturated rings. The van der Waals surface area contributed by atoms with Gasteiger partial charge in [0.25, 0.3) is 0 Å². The first kappa shape index (κ1) is 13.6. The second-order valence-electron chi connectivity index (χ2n) is 4.75. The third-order valence-electron chi connectivity index (χ3n) is 3.32. The third-order valence-corrected chi connectivity index (χ3v) is 4.67. The van der Waals surface area contributed by atoms with Crippen molar-refractivity contribution in [2.24, 2.45) is 0 Å². The lowest BCUT2D eigenvalue weighted by molar-refractivity contribution is 0.0991. The minimum atomic E-state index is 0.175. The summed E-state index contributed by atoms with van der Waals surface area (Å²) in [6, 6.07) is 8.08. The van der Waals surface area contributed by atoms with Gasteiger partial charge in [-0.15, -0.1) is 11.8 Å². The predicted octanol–water partition coefficient (Wildman–Crippen LogP) is 3.51. The zero-order valence-corrected chi connectivity index (χ0v) is 11.8. The Labute approximate surface area is 114 Å². The normalized spacial score (nSPS) is 16.1. The van der Waals surface area contributed by atoms with E-state index < -0.39 is 0 Å². The third kappa shape index (κ3) is 3.85. The molecule has 1 aromatic rings. The van der Waals surface area contributed by atoms with Gasteiger partial charge in [0.05, 0.1) is 6.54 Å². The largest absolute Gasteiger partial charge is 0.310 e. The number of carbonyl (C=O) groups is 1. The first-order valence-electron chi connectivity index (χ1n) is 6.80. The Hall–Kier alpha value is -0.800. The predicted molar refractivity (Wildman–Crippen MR) is 77.4 cm³/mol. The van der Waals surface area contributed by atoms with Crippen LogP contribution in [-0.2, 0) is 0 Å². The van der Waals surface area contributed by atoms with E-state index in [0.717, 1.165) is 17.4 Å². The van der Waals surface area contributed by atoms with E-state index in [2.05, 4.69) is 17.4 Å². The Morgan fingerprint density at radius 1 is 1.28 bits per heavy atom. The molecule has 1 N–H and O–H groups in total. The van der Waals surface area contributed by atoms with Crippen LogP contribution in [0.1, 0.15) is 43.0 Å². The second-order valence-corrected chi connectivity index (χ2v) is 6.13. The van der Waals surface area contributed by atoms with Crippen LogP contribution in [0.15, 0.2) is 29.2 Å². The zero-order valence-electron chi connectivity index (χ0n) is 10.9. The molecule has 18 heavy (non-hydrogen) atoms. The van der Waals surface area contributed by atoms with Gasteiger partial charge < -0.3 is 5.32 Å². The van der Waals surface area contributed by atoms with Gasteiger partial charge in [0, 0.05) is 15.7 Å². The number of benzene rings is 1. The van der Waals surface area contributed by atoms with E-state index in [0.29, 0.717) is 6.54 Å². The molecule has 1 saturated carbocycles. The lowest BCUT2D eigenvalue weighted by atomic mass is 10.1. The molecule has 0 saturated heterocycles. The second kappa shape index (κ2) is 6.95. The van der Waals surface area contributed by atoms with E-state index in [9.17, 15) is 4.79 Å². The highest BCUT2D eigenvalue weighted by Crippen LogP contribution is 2.34. The number of hydrogen-bond donors (Lipinski definition) is 1. The van der Waals surface area contributed by atoms with Crippen molar-refractivity contribution in [3.63, 3.8) is 0 Å². The number of Topliss-reactive ketones (excluding diaryl/α,β-unsaturated/α-hetero) is 1. The SMILES string of the molecule is CCNCC(=O)c1ccc(SC2CCCC2)cc1. The molecular weight excluding hydrogens is 242 g/mol. The van der Waals surface area contributed by atoms with Gasteiger partial charge in [0.2, 0.25) is 0 Å². The fourth-order valence-corrected chi connectivity index (χ4v) is 3.51. The summed E-state index contributed by atoms with van der Waals surface area (Å²) in [6.45, 7) is 3.28. The molecule has 0 aromatic heterocycles. The smallest absolute Gasteiger partial charge is 0.176 e. The van der Waals surface area contributed by atoms with Gasteiger partial charge in [-0.2, -0.15) is 0 Å². The summed E-state index contributed by atoms with van der Waals surface area (Å²) in [5.74, 6) is 0.175. The lowest BCUT2D eigenvalue weighted by Gasteiger charge is -2.09. The van der Waals surface area contributed by atoms with Crippen LogP contribution in [0.3, 0.4) is 0 Å². The van der Waals surface area contributed by atoms with Gasteiger partial charge in [-0.25, -0.2) is 0 Å². The van der Waals surface area contributed by atoms with Crippen LogP contribution in [-0.4, -0.2) is 24.1 Å². The molecular formula is C15H21NOS. The number of nitrogens with one attached hydrogen (secondary N) is 1. The Morgan fingerprint density at radius 2 is 1.94 bits per heavy atom. The summed E-state index contributed by atoms with van der Waals surface area (Å²) in [5.41, 5.74) is 0.812. The summed E-state index contributed by atoms with van der Waals surface area (Å²) < 4.78 is 0. The summed E-state index contributed by atoms with van der Waals surface area (Å²) >= 11 is 1.96. The molecule has 0 bridgehead atoms. The van der Waals surface area contributed by atoms with Crippen molar-refractivity contribution in [2.75, 3.05) is 13.1 Å². The summed E-state index contributed by atoms with van der Waals surface area (Å²) in [5, 5.41) is 3.85. The van der Waals surface area contributed by atoms with E-state index in [4.69, 9.17) is 0 Å². The highest BCUT2D eigenvalue weighted by Gasteiger charge is 2.16. The minimum Gasteiger partial charge on any atom is -0.310 e. The Kier molecular flexibility index (Phi) is 5.26. The lowest BCUT2D eigenvalue weighted by Crippen LogP contribution is -2.22. The maximum Gasteiger partial charge on any atom is 0.176 e. The molecule has 0 unspecified atom stereocenters. The quantitative estimate of drug-likeness (QED) is 0.796. The van der Waals surface area contributed by atoms with Crippen molar-refractivity contribution >= 4 is 17.5 Å². The maximum atomic E-state index is 11.8. The van der Waals surface area contributed by atoms with Crippen molar-refractivity contribution in [3.8, 4) is 0 Å². The van der Waals surface area contributed by atoms with Crippen molar-refractivity contribution < 1.29 is 4.79 Å². The number of carbonyl (C=O) groups excluding carboxylic acids is 1. The monoisotopic (exact) mass is 263 g/mol. The van der Waals surface area contributed by atoms with E-state index >= 15 is 0 Å². The standard InChI is InChI=1S/C15H21NOS/c1-2-16-11-15(17)12-7-9-14(10-8-12)18-13-5-3-4-6-13/h7-10,13,16H,2-6,11H2,1H3.